The topological polar surface area (TPSA) is 29.3 Å². The molecule has 1 rings (SSSR count). The molecular weight excluding hydrogens is 208 g/mol. The fourth-order valence-corrected chi connectivity index (χ4v) is 2.03. The van der Waals surface area contributed by atoms with Gasteiger partial charge in [-0.3, -0.25) is 0 Å². The number of anilines is 1. The van der Waals surface area contributed by atoms with Crippen molar-refractivity contribution in [3.63, 3.8) is 0 Å². The summed E-state index contributed by atoms with van der Waals surface area (Å²) in [5.74, 6) is 0.558. The summed E-state index contributed by atoms with van der Waals surface area (Å²) in [4.78, 5) is 2.30. The average molecular weight is 234 g/mol. The summed E-state index contributed by atoms with van der Waals surface area (Å²) >= 11 is 0. The van der Waals surface area contributed by atoms with Crippen LogP contribution in [0.1, 0.15) is 31.4 Å². The molecule has 17 heavy (non-hydrogen) atoms. The van der Waals surface area contributed by atoms with E-state index in [1.807, 2.05) is 0 Å². The van der Waals surface area contributed by atoms with Crippen molar-refractivity contribution < 1.29 is 0 Å². The number of nitrogens with two attached hydrogens (primary N) is 1. The van der Waals surface area contributed by atoms with E-state index in [1.165, 1.54) is 16.8 Å². The smallest absolute Gasteiger partial charge is 0.0393 e. The highest BCUT2D eigenvalue weighted by Crippen LogP contribution is 2.20. The van der Waals surface area contributed by atoms with Gasteiger partial charge in [0, 0.05) is 25.3 Å². The van der Waals surface area contributed by atoms with Gasteiger partial charge in [0.15, 0.2) is 0 Å². The molecule has 0 aromatic heterocycles. The predicted molar refractivity (Wildman–Crippen MR) is 76.6 cm³/mol. The Morgan fingerprint density at radius 3 is 2.41 bits per heavy atom. The Bertz CT molecular complexity index is 358. The Kier molecular flexibility index (Phi) is 5.01. The molecule has 1 atom stereocenters. The van der Waals surface area contributed by atoms with Crippen molar-refractivity contribution in [1.82, 2.24) is 0 Å². The van der Waals surface area contributed by atoms with E-state index in [1.54, 1.807) is 0 Å². The van der Waals surface area contributed by atoms with Crippen molar-refractivity contribution in [2.45, 2.75) is 40.2 Å². The molecule has 96 valence electrons. The second-order valence-electron chi connectivity index (χ2n) is 5.41. The van der Waals surface area contributed by atoms with Gasteiger partial charge in [0.05, 0.1) is 0 Å². The van der Waals surface area contributed by atoms with Crippen molar-refractivity contribution >= 4 is 5.69 Å². The SMILES string of the molecule is Cc1ccc(N(C)CCC(N)C(C)C)c(C)c1. The van der Waals surface area contributed by atoms with Crippen molar-refractivity contribution in [2.24, 2.45) is 11.7 Å². The molecule has 0 heterocycles. The summed E-state index contributed by atoms with van der Waals surface area (Å²) in [5, 5.41) is 0. The second-order valence-corrected chi connectivity index (χ2v) is 5.41. The molecule has 0 aliphatic carbocycles. The highest BCUT2D eigenvalue weighted by Gasteiger charge is 2.10. The highest BCUT2D eigenvalue weighted by molar-refractivity contribution is 5.53. The molecule has 0 radical (unpaired) electrons. The van der Waals surface area contributed by atoms with Gasteiger partial charge in [0.25, 0.3) is 0 Å². The van der Waals surface area contributed by atoms with Crippen LogP contribution in [0.25, 0.3) is 0 Å². The third-order valence-electron chi connectivity index (χ3n) is 3.42. The minimum absolute atomic E-state index is 0.295. The summed E-state index contributed by atoms with van der Waals surface area (Å²) in [5.41, 5.74) is 10.0. The summed E-state index contributed by atoms with van der Waals surface area (Å²) in [6, 6.07) is 6.89. The lowest BCUT2D eigenvalue weighted by molar-refractivity contribution is 0.466. The van der Waals surface area contributed by atoms with Crippen LogP contribution in [0.15, 0.2) is 18.2 Å². The van der Waals surface area contributed by atoms with Gasteiger partial charge < -0.3 is 10.6 Å². The van der Waals surface area contributed by atoms with Gasteiger partial charge in [-0.1, -0.05) is 31.5 Å². The lowest BCUT2D eigenvalue weighted by atomic mass is 10.0. The largest absolute Gasteiger partial charge is 0.374 e. The Morgan fingerprint density at radius 1 is 1.24 bits per heavy atom. The van der Waals surface area contributed by atoms with Gasteiger partial charge in [-0.2, -0.15) is 0 Å². The molecule has 0 bridgehead atoms. The van der Waals surface area contributed by atoms with Gasteiger partial charge in [-0.15, -0.1) is 0 Å². The van der Waals surface area contributed by atoms with E-state index in [0.717, 1.165) is 13.0 Å². The van der Waals surface area contributed by atoms with Crippen molar-refractivity contribution in [3.8, 4) is 0 Å². The van der Waals surface area contributed by atoms with E-state index >= 15 is 0 Å². The number of hydrogen-bond donors (Lipinski definition) is 1. The normalized spacial score (nSPS) is 12.9. The maximum atomic E-state index is 6.08. The number of benzene rings is 1. The molecule has 0 fully saturated rings. The Hall–Kier alpha value is -1.02. The molecule has 0 spiro atoms. The molecular formula is C15H26N2. The number of rotatable bonds is 5. The lowest BCUT2D eigenvalue weighted by Gasteiger charge is -2.24. The van der Waals surface area contributed by atoms with Crippen LogP contribution in [0, 0.1) is 19.8 Å². The van der Waals surface area contributed by atoms with Crippen molar-refractivity contribution in [2.75, 3.05) is 18.5 Å². The lowest BCUT2D eigenvalue weighted by Crippen LogP contribution is -2.32. The van der Waals surface area contributed by atoms with Crippen molar-refractivity contribution in [1.29, 1.82) is 0 Å². The molecule has 0 amide bonds. The highest BCUT2D eigenvalue weighted by atomic mass is 15.1. The zero-order valence-corrected chi connectivity index (χ0v) is 11.8. The zero-order chi connectivity index (χ0) is 13.0. The molecule has 2 N–H and O–H groups in total. The van der Waals surface area contributed by atoms with E-state index in [-0.39, 0.29) is 0 Å². The first-order chi connectivity index (χ1) is 7.91. The molecule has 0 aliphatic rings. The maximum absolute atomic E-state index is 6.08. The van der Waals surface area contributed by atoms with Crippen LogP contribution in [0.3, 0.4) is 0 Å². The summed E-state index contributed by atoms with van der Waals surface area (Å²) in [6.45, 7) is 9.68. The quantitative estimate of drug-likeness (QED) is 0.848. The number of nitrogens with zero attached hydrogens (tertiary/aromatic N) is 1. The van der Waals surface area contributed by atoms with Crippen molar-refractivity contribution in [3.05, 3.63) is 29.3 Å². The van der Waals surface area contributed by atoms with E-state index < -0.39 is 0 Å². The van der Waals surface area contributed by atoms with Gasteiger partial charge in [-0.05, 0) is 37.8 Å². The average Bonchev–Trinajstić information content (AvgIpc) is 2.25. The zero-order valence-electron chi connectivity index (χ0n) is 11.8. The molecule has 0 saturated carbocycles. The van der Waals surface area contributed by atoms with E-state index in [0.29, 0.717) is 12.0 Å². The van der Waals surface area contributed by atoms with E-state index in [4.69, 9.17) is 5.73 Å². The monoisotopic (exact) mass is 234 g/mol. The Labute approximate surface area is 106 Å². The van der Waals surface area contributed by atoms with Crippen LogP contribution in [-0.2, 0) is 0 Å². The molecule has 2 nitrogen and oxygen atoms in total. The number of aryl methyl sites for hydroxylation is 2. The molecule has 1 aromatic carbocycles. The molecule has 0 saturated heterocycles. The summed E-state index contributed by atoms with van der Waals surface area (Å²) in [7, 11) is 2.14. The first-order valence-electron chi connectivity index (χ1n) is 6.45. The summed E-state index contributed by atoms with van der Waals surface area (Å²) in [6.07, 6.45) is 1.04. The van der Waals surface area contributed by atoms with Gasteiger partial charge in [-0.25, -0.2) is 0 Å². The minimum Gasteiger partial charge on any atom is -0.374 e. The fraction of sp³-hybridized carbons (Fsp3) is 0.600. The standard InChI is InChI=1S/C15H26N2/c1-11(2)14(16)8-9-17(5)15-7-6-12(3)10-13(15)4/h6-7,10-11,14H,8-9,16H2,1-5H3. The third-order valence-corrected chi connectivity index (χ3v) is 3.42. The fourth-order valence-electron chi connectivity index (χ4n) is 2.03. The van der Waals surface area contributed by atoms with Gasteiger partial charge >= 0.3 is 0 Å². The van der Waals surface area contributed by atoms with Crippen LogP contribution < -0.4 is 10.6 Å². The third kappa shape index (κ3) is 4.04. The van der Waals surface area contributed by atoms with Gasteiger partial charge in [0.2, 0.25) is 0 Å². The minimum atomic E-state index is 0.295. The molecule has 0 aliphatic heterocycles. The molecule has 1 aromatic rings. The van der Waals surface area contributed by atoms with Gasteiger partial charge in [0.1, 0.15) is 0 Å². The van der Waals surface area contributed by atoms with E-state index in [2.05, 4.69) is 57.8 Å². The first kappa shape index (κ1) is 14.0. The van der Waals surface area contributed by atoms with Crippen LogP contribution in [-0.4, -0.2) is 19.6 Å². The van der Waals surface area contributed by atoms with Crippen LogP contribution in [0.5, 0.6) is 0 Å². The molecule has 1 unspecified atom stereocenters. The van der Waals surface area contributed by atoms with Crippen LogP contribution in [0.2, 0.25) is 0 Å². The second kappa shape index (κ2) is 6.06. The van der Waals surface area contributed by atoms with Crippen LogP contribution in [0.4, 0.5) is 5.69 Å². The first-order valence-corrected chi connectivity index (χ1v) is 6.45. The Balaban J connectivity index is 2.61. The predicted octanol–water partition coefficient (Wildman–Crippen LogP) is 3.11. The summed E-state index contributed by atoms with van der Waals surface area (Å²) < 4.78 is 0. The van der Waals surface area contributed by atoms with E-state index in [9.17, 15) is 0 Å². The molecule has 2 heteroatoms. The van der Waals surface area contributed by atoms with Crippen LogP contribution >= 0.6 is 0 Å². The Morgan fingerprint density at radius 2 is 1.88 bits per heavy atom. The maximum Gasteiger partial charge on any atom is 0.0393 e. The number of hydrogen-bond acceptors (Lipinski definition) is 2.